The Bertz CT molecular complexity index is 831. The van der Waals surface area contributed by atoms with Crippen LogP contribution in [-0.2, 0) is 16.1 Å². The Morgan fingerprint density at radius 3 is 2.43 bits per heavy atom. The second kappa shape index (κ2) is 10.7. The Morgan fingerprint density at radius 1 is 1.14 bits per heavy atom. The van der Waals surface area contributed by atoms with Gasteiger partial charge in [-0.3, -0.25) is 9.59 Å². The van der Waals surface area contributed by atoms with E-state index in [4.69, 9.17) is 27.9 Å². The third-order valence-corrected chi connectivity index (χ3v) is 5.30. The first-order valence-electron chi connectivity index (χ1n) is 8.71. The van der Waals surface area contributed by atoms with Crippen LogP contribution in [0, 0.1) is 0 Å². The summed E-state index contributed by atoms with van der Waals surface area (Å²) >= 11 is 15.4. The predicted molar refractivity (Wildman–Crippen MR) is 115 cm³/mol. The standard InChI is InChI=1S/C20H21BrCl2N2O3/c1-3-24-20(27)13(2)25(11-14-4-9-17(22)18(23)10-14)19(26)12-28-16-7-5-15(21)6-8-16/h4-10,13H,3,11-12H2,1-2H3,(H,24,27)/t13-/m0/s1. The van der Waals surface area contributed by atoms with Crippen molar-refractivity contribution in [1.29, 1.82) is 0 Å². The fourth-order valence-electron chi connectivity index (χ4n) is 2.50. The summed E-state index contributed by atoms with van der Waals surface area (Å²) in [4.78, 5) is 26.6. The average Bonchev–Trinajstić information content (AvgIpc) is 2.67. The maximum absolute atomic E-state index is 12.8. The lowest BCUT2D eigenvalue weighted by Gasteiger charge is -2.28. The molecule has 2 rings (SSSR count). The summed E-state index contributed by atoms with van der Waals surface area (Å²) in [6.07, 6.45) is 0. The number of carbonyl (C=O) groups excluding carboxylic acids is 2. The van der Waals surface area contributed by atoms with Crippen LogP contribution in [0.3, 0.4) is 0 Å². The Morgan fingerprint density at radius 2 is 1.82 bits per heavy atom. The Labute approximate surface area is 183 Å². The maximum Gasteiger partial charge on any atom is 0.261 e. The van der Waals surface area contributed by atoms with Crippen LogP contribution in [0.2, 0.25) is 10.0 Å². The molecule has 0 aliphatic rings. The van der Waals surface area contributed by atoms with Crippen LogP contribution in [-0.4, -0.2) is 35.9 Å². The summed E-state index contributed by atoms with van der Waals surface area (Å²) in [5, 5.41) is 3.56. The SMILES string of the molecule is CCNC(=O)[C@H](C)N(Cc1ccc(Cl)c(Cl)c1)C(=O)COc1ccc(Br)cc1. The number of ether oxygens (including phenoxy) is 1. The third kappa shape index (κ3) is 6.40. The van der Waals surface area contributed by atoms with Crippen LogP contribution in [0.5, 0.6) is 5.75 Å². The zero-order valence-corrected chi connectivity index (χ0v) is 18.6. The fraction of sp³-hybridized carbons (Fsp3) is 0.300. The van der Waals surface area contributed by atoms with Crippen LogP contribution < -0.4 is 10.1 Å². The summed E-state index contributed by atoms with van der Waals surface area (Å²) in [5.74, 6) is 0.0176. The molecule has 0 radical (unpaired) electrons. The first-order valence-corrected chi connectivity index (χ1v) is 10.3. The number of benzene rings is 2. The number of amides is 2. The molecule has 0 spiro atoms. The number of nitrogens with one attached hydrogen (secondary N) is 1. The summed E-state index contributed by atoms with van der Waals surface area (Å²) in [6, 6.07) is 11.6. The number of halogens is 3. The van der Waals surface area contributed by atoms with Gasteiger partial charge in [0.05, 0.1) is 10.0 Å². The minimum absolute atomic E-state index is 0.188. The maximum atomic E-state index is 12.8. The number of nitrogens with zero attached hydrogens (tertiary/aromatic N) is 1. The van der Waals surface area contributed by atoms with Gasteiger partial charge in [-0.25, -0.2) is 0 Å². The highest BCUT2D eigenvalue weighted by atomic mass is 79.9. The van der Waals surface area contributed by atoms with Crippen molar-refractivity contribution >= 4 is 50.9 Å². The van der Waals surface area contributed by atoms with Crippen molar-refractivity contribution in [3.8, 4) is 5.75 Å². The van der Waals surface area contributed by atoms with Gasteiger partial charge < -0.3 is 15.0 Å². The highest BCUT2D eigenvalue weighted by Gasteiger charge is 2.26. The summed E-state index contributed by atoms with van der Waals surface area (Å²) < 4.78 is 6.50. The highest BCUT2D eigenvalue weighted by molar-refractivity contribution is 9.10. The van der Waals surface area contributed by atoms with Gasteiger partial charge in [-0.1, -0.05) is 45.2 Å². The molecule has 0 heterocycles. The number of rotatable bonds is 8. The van der Waals surface area contributed by atoms with E-state index in [0.29, 0.717) is 22.3 Å². The average molecular weight is 488 g/mol. The van der Waals surface area contributed by atoms with E-state index in [1.54, 1.807) is 37.3 Å². The molecule has 5 nitrogen and oxygen atoms in total. The number of carbonyl (C=O) groups is 2. The quantitative estimate of drug-likeness (QED) is 0.587. The molecule has 0 saturated heterocycles. The predicted octanol–water partition coefficient (Wildman–Crippen LogP) is 4.69. The molecular formula is C20H21BrCl2N2O3. The molecule has 0 aliphatic heterocycles. The number of hydrogen-bond acceptors (Lipinski definition) is 3. The van der Waals surface area contributed by atoms with Gasteiger partial charge in [0, 0.05) is 17.6 Å². The molecule has 2 amide bonds. The molecule has 0 aliphatic carbocycles. The van der Waals surface area contributed by atoms with E-state index in [2.05, 4.69) is 21.2 Å². The summed E-state index contributed by atoms with van der Waals surface area (Å²) in [5.41, 5.74) is 0.766. The van der Waals surface area contributed by atoms with Crippen LogP contribution in [0.25, 0.3) is 0 Å². The molecular weight excluding hydrogens is 467 g/mol. The second-order valence-corrected chi connectivity index (χ2v) is 7.81. The molecule has 0 fully saturated rings. The van der Waals surface area contributed by atoms with Gasteiger partial charge in [0.1, 0.15) is 11.8 Å². The van der Waals surface area contributed by atoms with Crippen molar-refractivity contribution in [2.24, 2.45) is 0 Å². The lowest BCUT2D eigenvalue weighted by Crippen LogP contribution is -2.49. The van der Waals surface area contributed by atoms with Crippen LogP contribution in [0.4, 0.5) is 0 Å². The van der Waals surface area contributed by atoms with Crippen molar-refractivity contribution in [3.63, 3.8) is 0 Å². The molecule has 0 unspecified atom stereocenters. The summed E-state index contributed by atoms with van der Waals surface area (Å²) in [6.45, 7) is 4.00. The monoisotopic (exact) mass is 486 g/mol. The highest BCUT2D eigenvalue weighted by Crippen LogP contribution is 2.24. The molecule has 2 aromatic carbocycles. The zero-order chi connectivity index (χ0) is 20.7. The van der Waals surface area contributed by atoms with Gasteiger partial charge in [-0.15, -0.1) is 0 Å². The second-order valence-electron chi connectivity index (χ2n) is 6.08. The Balaban J connectivity index is 2.15. The van der Waals surface area contributed by atoms with Crippen molar-refractivity contribution in [3.05, 3.63) is 62.5 Å². The van der Waals surface area contributed by atoms with E-state index >= 15 is 0 Å². The van der Waals surface area contributed by atoms with Gasteiger partial charge >= 0.3 is 0 Å². The lowest BCUT2D eigenvalue weighted by atomic mass is 10.1. The molecule has 28 heavy (non-hydrogen) atoms. The van der Waals surface area contributed by atoms with Crippen LogP contribution in [0.1, 0.15) is 19.4 Å². The van der Waals surface area contributed by atoms with Gasteiger partial charge in [0.15, 0.2) is 6.61 Å². The van der Waals surface area contributed by atoms with Crippen LogP contribution in [0.15, 0.2) is 46.9 Å². The molecule has 0 saturated carbocycles. The van der Waals surface area contributed by atoms with E-state index in [-0.39, 0.29) is 25.0 Å². The van der Waals surface area contributed by atoms with E-state index < -0.39 is 6.04 Å². The van der Waals surface area contributed by atoms with Gasteiger partial charge in [0.25, 0.3) is 5.91 Å². The smallest absolute Gasteiger partial charge is 0.261 e. The molecule has 150 valence electrons. The van der Waals surface area contributed by atoms with E-state index in [9.17, 15) is 9.59 Å². The normalized spacial score (nSPS) is 11.6. The van der Waals surface area contributed by atoms with Gasteiger partial charge in [-0.05, 0) is 55.8 Å². The Hall–Kier alpha value is -1.76. The molecule has 1 N–H and O–H groups in total. The third-order valence-electron chi connectivity index (χ3n) is 4.03. The summed E-state index contributed by atoms with van der Waals surface area (Å²) in [7, 11) is 0. The minimum atomic E-state index is -0.671. The lowest BCUT2D eigenvalue weighted by molar-refractivity contribution is -0.142. The Kier molecular flexibility index (Phi) is 8.60. The molecule has 8 heteroatoms. The zero-order valence-electron chi connectivity index (χ0n) is 15.5. The van der Waals surface area contributed by atoms with Gasteiger partial charge in [-0.2, -0.15) is 0 Å². The molecule has 1 atom stereocenters. The van der Waals surface area contributed by atoms with E-state index in [0.717, 1.165) is 10.0 Å². The first kappa shape index (κ1) is 22.5. The fourth-order valence-corrected chi connectivity index (χ4v) is 3.08. The molecule has 0 aromatic heterocycles. The van der Waals surface area contributed by atoms with Crippen molar-refractivity contribution < 1.29 is 14.3 Å². The van der Waals surface area contributed by atoms with Crippen molar-refractivity contribution in [2.45, 2.75) is 26.4 Å². The van der Waals surface area contributed by atoms with E-state index in [1.807, 2.05) is 19.1 Å². The van der Waals surface area contributed by atoms with Crippen molar-refractivity contribution in [2.75, 3.05) is 13.2 Å². The van der Waals surface area contributed by atoms with E-state index in [1.165, 1.54) is 4.90 Å². The largest absolute Gasteiger partial charge is 0.484 e. The van der Waals surface area contributed by atoms with Crippen molar-refractivity contribution in [1.82, 2.24) is 10.2 Å². The van der Waals surface area contributed by atoms with Crippen LogP contribution >= 0.6 is 39.1 Å². The number of likely N-dealkylation sites (N-methyl/N-ethyl adjacent to an activating group) is 1. The topological polar surface area (TPSA) is 58.6 Å². The number of hydrogen-bond donors (Lipinski definition) is 1. The molecule has 0 bridgehead atoms. The van der Waals surface area contributed by atoms with Gasteiger partial charge in [0.2, 0.25) is 5.91 Å². The first-order chi connectivity index (χ1) is 13.3. The molecule has 2 aromatic rings. The minimum Gasteiger partial charge on any atom is -0.484 e.